The topological polar surface area (TPSA) is 39.9 Å². The van der Waals surface area contributed by atoms with E-state index in [0.717, 1.165) is 0 Å². The van der Waals surface area contributed by atoms with Gasteiger partial charge in [-0.1, -0.05) is 0 Å². The fourth-order valence-electron chi connectivity index (χ4n) is 1.36. The van der Waals surface area contributed by atoms with Crippen molar-refractivity contribution >= 4 is 11.6 Å². The second kappa shape index (κ2) is 6.75. The zero-order valence-electron chi connectivity index (χ0n) is 9.00. The largest absolute Gasteiger partial charge is 0.375 e. The molecule has 0 fully saturated rings. The van der Waals surface area contributed by atoms with Gasteiger partial charge >= 0.3 is 0 Å². The van der Waals surface area contributed by atoms with Crippen LogP contribution in [0, 0.1) is 0 Å². The summed E-state index contributed by atoms with van der Waals surface area (Å²) < 4.78 is 30.2. The van der Waals surface area contributed by atoms with E-state index in [1.165, 1.54) is 0 Å². The van der Waals surface area contributed by atoms with E-state index in [2.05, 4.69) is 10.2 Å². The van der Waals surface area contributed by atoms with Gasteiger partial charge in [-0.25, -0.2) is 8.78 Å². The third kappa shape index (κ3) is 3.68. The van der Waals surface area contributed by atoms with E-state index in [1.807, 2.05) is 11.5 Å². The molecule has 0 aliphatic heterocycles. The van der Waals surface area contributed by atoms with Crippen LogP contribution in [0.4, 0.5) is 8.78 Å². The molecule has 16 heavy (non-hydrogen) atoms. The molecule has 0 N–H and O–H groups in total. The summed E-state index contributed by atoms with van der Waals surface area (Å²) in [5.74, 6) is 1.69. The molecule has 0 bridgehead atoms. The molecule has 0 aliphatic carbocycles. The first kappa shape index (κ1) is 13.3. The minimum Gasteiger partial charge on any atom is -0.375 e. The lowest BCUT2D eigenvalue weighted by Crippen LogP contribution is -2.11. The summed E-state index contributed by atoms with van der Waals surface area (Å²) >= 11 is 5.67. The highest BCUT2D eigenvalue weighted by Gasteiger charge is 2.09. The summed E-state index contributed by atoms with van der Waals surface area (Å²) in [4.78, 5) is 0. The Morgan fingerprint density at radius 3 is 2.62 bits per heavy atom. The van der Waals surface area contributed by atoms with Crippen LogP contribution in [0.1, 0.15) is 18.6 Å². The predicted octanol–water partition coefficient (Wildman–Crippen LogP) is 1.86. The first-order chi connectivity index (χ1) is 7.69. The molecule has 4 nitrogen and oxygen atoms in total. The van der Waals surface area contributed by atoms with Crippen LogP contribution in [0.15, 0.2) is 0 Å². The van der Waals surface area contributed by atoms with Gasteiger partial charge in [-0.15, -0.1) is 21.8 Å². The molecule has 1 rings (SSSR count). The van der Waals surface area contributed by atoms with Gasteiger partial charge < -0.3 is 9.30 Å². The molecule has 0 atom stereocenters. The predicted molar refractivity (Wildman–Crippen MR) is 55.8 cm³/mol. The highest BCUT2D eigenvalue weighted by atomic mass is 35.5. The van der Waals surface area contributed by atoms with Crippen LogP contribution in [0.25, 0.3) is 0 Å². The molecule has 1 aromatic rings. The standard InChI is InChI=1S/C9H14ClF2N3O/c1-2-15-8(13-14-9(15)5-10)3-4-16-6-7(11)12/h7H,2-6H2,1H3. The molecule has 0 spiro atoms. The molecule has 92 valence electrons. The lowest BCUT2D eigenvalue weighted by Gasteiger charge is -2.06. The average Bonchev–Trinajstić information content (AvgIpc) is 2.66. The number of rotatable bonds is 7. The maximum Gasteiger partial charge on any atom is 0.261 e. The van der Waals surface area contributed by atoms with Crippen LogP contribution in [-0.2, 0) is 23.6 Å². The van der Waals surface area contributed by atoms with Crippen LogP contribution in [0.3, 0.4) is 0 Å². The zero-order chi connectivity index (χ0) is 12.0. The summed E-state index contributed by atoms with van der Waals surface area (Å²) in [7, 11) is 0. The number of hydrogen-bond donors (Lipinski definition) is 0. The quantitative estimate of drug-likeness (QED) is 0.550. The summed E-state index contributed by atoms with van der Waals surface area (Å²) in [5, 5.41) is 7.83. The summed E-state index contributed by atoms with van der Waals surface area (Å²) in [6.45, 7) is 2.33. The first-order valence-corrected chi connectivity index (χ1v) is 5.55. The van der Waals surface area contributed by atoms with Crippen LogP contribution < -0.4 is 0 Å². The van der Waals surface area contributed by atoms with E-state index in [9.17, 15) is 8.78 Å². The van der Waals surface area contributed by atoms with Gasteiger partial charge in [0.2, 0.25) is 0 Å². The van der Waals surface area contributed by atoms with Crippen LogP contribution in [0.2, 0.25) is 0 Å². The number of hydrogen-bond acceptors (Lipinski definition) is 3. The van der Waals surface area contributed by atoms with Crippen LogP contribution in [0.5, 0.6) is 0 Å². The van der Waals surface area contributed by atoms with E-state index in [4.69, 9.17) is 16.3 Å². The lowest BCUT2D eigenvalue weighted by atomic mass is 10.4. The van der Waals surface area contributed by atoms with E-state index in [0.29, 0.717) is 30.5 Å². The first-order valence-electron chi connectivity index (χ1n) is 5.01. The number of halogens is 3. The van der Waals surface area contributed by atoms with Gasteiger partial charge in [0.1, 0.15) is 18.3 Å². The third-order valence-electron chi connectivity index (χ3n) is 2.05. The van der Waals surface area contributed by atoms with E-state index in [-0.39, 0.29) is 6.61 Å². The maximum atomic E-state index is 11.8. The maximum absolute atomic E-state index is 11.8. The van der Waals surface area contributed by atoms with Gasteiger partial charge in [0.05, 0.1) is 12.5 Å². The second-order valence-corrected chi connectivity index (χ2v) is 3.39. The van der Waals surface area contributed by atoms with Crippen molar-refractivity contribution in [2.45, 2.75) is 32.2 Å². The number of nitrogens with zero attached hydrogens (tertiary/aromatic N) is 3. The van der Waals surface area contributed by atoms with Gasteiger partial charge in [0.25, 0.3) is 6.43 Å². The molecule has 0 unspecified atom stereocenters. The second-order valence-electron chi connectivity index (χ2n) is 3.13. The molecule has 0 aliphatic rings. The number of alkyl halides is 3. The van der Waals surface area contributed by atoms with Gasteiger partial charge in [-0.05, 0) is 6.92 Å². The number of aromatic nitrogens is 3. The Morgan fingerprint density at radius 1 is 1.38 bits per heavy atom. The van der Waals surface area contributed by atoms with Gasteiger partial charge in [-0.2, -0.15) is 0 Å². The van der Waals surface area contributed by atoms with E-state index < -0.39 is 13.0 Å². The summed E-state index contributed by atoms with van der Waals surface area (Å²) in [5.41, 5.74) is 0. The number of ether oxygens (including phenoxy) is 1. The molecule has 0 saturated carbocycles. The Morgan fingerprint density at radius 2 is 2.06 bits per heavy atom. The van der Waals surface area contributed by atoms with Gasteiger partial charge in [-0.3, -0.25) is 0 Å². The van der Waals surface area contributed by atoms with Crippen molar-refractivity contribution in [3.8, 4) is 0 Å². The lowest BCUT2D eigenvalue weighted by molar-refractivity contribution is 0.0181. The molecule has 0 radical (unpaired) electrons. The van der Waals surface area contributed by atoms with Crippen molar-refractivity contribution in [3.63, 3.8) is 0 Å². The molecule has 1 aromatic heterocycles. The molecule has 0 saturated heterocycles. The Bertz CT molecular complexity index is 320. The van der Waals surface area contributed by atoms with Crippen molar-refractivity contribution in [1.82, 2.24) is 14.8 Å². The molecule has 1 heterocycles. The SMILES string of the molecule is CCn1c(CCl)nnc1CCOCC(F)F. The van der Waals surface area contributed by atoms with Crippen LogP contribution >= 0.6 is 11.6 Å². The van der Waals surface area contributed by atoms with Crippen LogP contribution in [-0.4, -0.2) is 34.4 Å². The Hall–Kier alpha value is -0.750. The molecular weight excluding hydrogens is 240 g/mol. The Labute approximate surface area is 97.6 Å². The fraction of sp³-hybridized carbons (Fsp3) is 0.778. The molecule has 7 heteroatoms. The Kier molecular flexibility index (Phi) is 5.62. The minimum atomic E-state index is -2.43. The average molecular weight is 254 g/mol. The van der Waals surface area contributed by atoms with Gasteiger partial charge in [0.15, 0.2) is 0 Å². The van der Waals surface area contributed by atoms with E-state index >= 15 is 0 Å². The van der Waals surface area contributed by atoms with Gasteiger partial charge in [0, 0.05) is 13.0 Å². The van der Waals surface area contributed by atoms with Crippen molar-refractivity contribution < 1.29 is 13.5 Å². The third-order valence-corrected chi connectivity index (χ3v) is 2.29. The highest BCUT2D eigenvalue weighted by molar-refractivity contribution is 6.16. The molecular formula is C9H14ClF2N3O. The summed E-state index contributed by atoms with van der Waals surface area (Å²) in [6.07, 6.45) is -1.97. The normalized spacial score (nSPS) is 11.3. The monoisotopic (exact) mass is 253 g/mol. The molecule has 0 amide bonds. The van der Waals surface area contributed by atoms with Crippen molar-refractivity contribution in [2.75, 3.05) is 13.2 Å². The summed E-state index contributed by atoms with van der Waals surface area (Å²) in [6, 6.07) is 0. The highest BCUT2D eigenvalue weighted by Crippen LogP contribution is 2.06. The zero-order valence-corrected chi connectivity index (χ0v) is 9.75. The fourth-order valence-corrected chi connectivity index (χ4v) is 1.55. The van der Waals surface area contributed by atoms with Crippen molar-refractivity contribution in [3.05, 3.63) is 11.6 Å². The smallest absolute Gasteiger partial charge is 0.261 e. The van der Waals surface area contributed by atoms with Crippen molar-refractivity contribution in [2.24, 2.45) is 0 Å². The molecule has 0 aromatic carbocycles. The van der Waals surface area contributed by atoms with Crippen molar-refractivity contribution in [1.29, 1.82) is 0 Å². The van der Waals surface area contributed by atoms with E-state index in [1.54, 1.807) is 0 Å². The minimum absolute atomic E-state index is 0.213. The Balaban J connectivity index is 2.44.